The topological polar surface area (TPSA) is 80.3 Å². The molecule has 6 nitrogen and oxygen atoms in total. The van der Waals surface area contributed by atoms with Crippen molar-refractivity contribution in [1.82, 2.24) is 15.6 Å². The van der Waals surface area contributed by atoms with Crippen molar-refractivity contribution >= 4 is 23.3 Å². The van der Waals surface area contributed by atoms with Gasteiger partial charge in [0.05, 0.1) is 23.9 Å². The van der Waals surface area contributed by atoms with E-state index in [1.165, 1.54) is 12.7 Å². The standard InChI is InChI=1S/C25H29N3O3S/c1-4-23-26-22(16-32-23)20(14-19-12-10-17(2)11-13-19)27-24(29)21(28-25(30)31-3)15-18-8-6-5-7-9-18/h5-13,16,20-21H,4,14-15H2,1-3H3,(H,27,29)(H,28,30)/t20?,21-/m0/s1. The molecule has 0 aliphatic rings. The molecule has 0 saturated heterocycles. The molecule has 32 heavy (non-hydrogen) atoms. The molecule has 0 fully saturated rings. The van der Waals surface area contributed by atoms with Gasteiger partial charge in [-0.1, -0.05) is 67.1 Å². The Labute approximate surface area is 193 Å². The number of aryl methyl sites for hydroxylation is 2. The van der Waals surface area contributed by atoms with E-state index >= 15 is 0 Å². The molecule has 0 aliphatic carbocycles. The first-order chi connectivity index (χ1) is 15.5. The van der Waals surface area contributed by atoms with Gasteiger partial charge in [-0.25, -0.2) is 9.78 Å². The van der Waals surface area contributed by atoms with Crippen LogP contribution in [-0.2, 0) is 28.8 Å². The van der Waals surface area contributed by atoms with Gasteiger partial charge < -0.3 is 15.4 Å². The summed E-state index contributed by atoms with van der Waals surface area (Å²) in [6.45, 7) is 4.11. The smallest absolute Gasteiger partial charge is 0.407 e. The summed E-state index contributed by atoms with van der Waals surface area (Å²) >= 11 is 1.59. The molecule has 2 atom stereocenters. The maximum Gasteiger partial charge on any atom is 0.407 e. The van der Waals surface area contributed by atoms with Crippen molar-refractivity contribution in [2.24, 2.45) is 0 Å². The highest BCUT2D eigenvalue weighted by Gasteiger charge is 2.26. The largest absolute Gasteiger partial charge is 0.453 e. The van der Waals surface area contributed by atoms with E-state index in [-0.39, 0.29) is 11.9 Å². The van der Waals surface area contributed by atoms with Gasteiger partial charge in [0.1, 0.15) is 6.04 Å². The second-order valence-electron chi connectivity index (χ2n) is 7.65. The number of methoxy groups -OCH3 is 1. The van der Waals surface area contributed by atoms with E-state index in [4.69, 9.17) is 9.72 Å². The number of nitrogens with zero attached hydrogens (tertiary/aromatic N) is 1. The third-order valence-corrected chi connectivity index (χ3v) is 6.19. The number of rotatable bonds is 9. The molecule has 3 rings (SSSR count). The first-order valence-corrected chi connectivity index (χ1v) is 11.5. The number of nitrogens with one attached hydrogen (secondary N) is 2. The van der Waals surface area contributed by atoms with Crippen LogP contribution in [0.1, 0.15) is 40.4 Å². The molecule has 168 valence electrons. The maximum atomic E-state index is 13.3. The molecule has 1 heterocycles. The van der Waals surface area contributed by atoms with E-state index in [9.17, 15) is 9.59 Å². The van der Waals surface area contributed by atoms with Crippen molar-refractivity contribution in [3.05, 3.63) is 87.4 Å². The number of carbonyl (C=O) groups excluding carboxylic acids is 2. The number of aromatic nitrogens is 1. The van der Waals surface area contributed by atoms with Crippen molar-refractivity contribution in [1.29, 1.82) is 0 Å². The van der Waals surface area contributed by atoms with Crippen LogP contribution in [0, 0.1) is 6.92 Å². The first-order valence-electron chi connectivity index (χ1n) is 10.7. The Bertz CT molecular complexity index is 1020. The van der Waals surface area contributed by atoms with Gasteiger partial charge >= 0.3 is 6.09 Å². The molecule has 3 aromatic rings. The van der Waals surface area contributed by atoms with E-state index in [0.717, 1.165) is 28.2 Å². The van der Waals surface area contributed by atoms with Gasteiger partial charge in [-0.15, -0.1) is 11.3 Å². The van der Waals surface area contributed by atoms with Crippen molar-refractivity contribution in [2.45, 2.75) is 45.2 Å². The molecule has 2 amide bonds. The van der Waals surface area contributed by atoms with Crippen LogP contribution >= 0.6 is 11.3 Å². The summed E-state index contributed by atoms with van der Waals surface area (Å²) in [5, 5.41) is 8.81. The van der Waals surface area contributed by atoms with E-state index in [0.29, 0.717) is 12.8 Å². The summed E-state index contributed by atoms with van der Waals surface area (Å²) < 4.78 is 4.74. The number of carbonyl (C=O) groups is 2. The lowest BCUT2D eigenvalue weighted by Gasteiger charge is -2.23. The summed E-state index contributed by atoms with van der Waals surface area (Å²) in [4.78, 5) is 29.9. The van der Waals surface area contributed by atoms with Crippen molar-refractivity contribution < 1.29 is 14.3 Å². The van der Waals surface area contributed by atoms with Crippen LogP contribution in [0.25, 0.3) is 0 Å². The number of hydrogen-bond donors (Lipinski definition) is 2. The minimum atomic E-state index is -0.769. The van der Waals surface area contributed by atoms with Gasteiger partial charge in [0.15, 0.2) is 0 Å². The van der Waals surface area contributed by atoms with E-state index in [2.05, 4.69) is 41.8 Å². The van der Waals surface area contributed by atoms with Crippen LogP contribution in [0.3, 0.4) is 0 Å². The molecular formula is C25H29N3O3S. The molecule has 0 bridgehead atoms. The fourth-order valence-corrected chi connectivity index (χ4v) is 4.17. The summed E-state index contributed by atoms with van der Waals surface area (Å²) in [5.74, 6) is -0.276. The third kappa shape index (κ3) is 6.65. The van der Waals surface area contributed by atoms with Crippen molar-refractivity contribution in [3.63, 3.8) is 0 Å². The number of benzene rings is 2. The van der Waals surface area contributed by atoms with Gasteiger partial charge in [-0.3, -0.25) is 4.79 Å². The zero-order valence-corrected chi connectivity index (χ0v) is 19.4. The number of amides is 2. The molecule has 0 saturated carbocycles. The Balaban J connectivity index is 1.82. The molecule has 0 aliphatic heterocycles. The summed E-state index contributed by atoms with van der Waals surface area (Å²) in [5.41, 5.74) is 4.06. The quantitative estimate of drug-likeness (QED) is 0.506. The van der Waals surface area contributed by atoms with Crippen LogP contribution in [0.4, 0.5) is 4.79 Å². The Morgan fingerprint density at radius 3 is 2.31 bits per heavy atom. The van der Waals surface area contributed by atoms with Crippen LogP contribution in [0.2, 0.25) is 0 Å². The number of thiazole rings is 1. The fourth-order valence-electron chi connectivity index (χ4n) is 3.37. The van der Waals surface area contributed by atoms with Crippen molar-refractivity contribution in [2.75, 3.05) is 7.11 Å². The minimum Gasteiger partial charge on any atom is -0.453 e. The average molecular weight is 452 g/mol. The van der Waals surface area contributed by atoms with Gasteiger partial charge in [0, 0.05) is 11.8 Å². The molecule has 2 N–H and O–H groups in total. The Morgan fingerprint density at radius 2 is 1.69 bits per heavy atom. The Morgan fingerprint density at radius 1 is 1.00 bits per heavy atom. The van der Waals surface area contributed by atoms with Gasteiger partial charge in [0.2, 0.25) is 5.91 Å². The van der Waals surface area contributed by atoms with Crippen LogP contribution in [0.15, 0.2) is 60.0 Å². The molecule has 1 unspecified atom stereocenters. The number of ether oxygens (including phenoxy) is 1. The summed E-state index contributed by atoms with van der Waals surface area (Å²) in [7, 11) is 1.29. The molecule has 2 aromatic carbocycles. The zero-order chi connectivity index (χ0) is 22.9. The van der Waals surface area contributed by atoms with Crippen molar-refractivity contribution in [3.8, 4) is 0 Å². The van der Waals surface area contributed by atoms with E-state index < -0.39 is 12.1 Å². The SMILES string of the molecule is CCc1nc(C(Cc2ccc(C)cc2)NC(=O)[C@H](Cc2ccccc2)NC(=O)OC)cs1. The lowest BCUT2D eigenvalue weighted by atomic mass is 10.0. The van der Waals surface area contributed by atoms with Gasteiger partial charge in [-0.2, -0.15) is 0 Å². The highest BCUT2D eigenvalue weighted by molar-refractivity contribution is 7.09. The number of hydrogen-bond acceptors (Lipinski definition) is 5. The highest BCUT2D eigenvalue weighted by Crippen LogP contribution is 2.22. The lowest BCUT2D eigenvalue weighted by molar-refractivity contribution is -0.123. The predicted molar refractivity (Wildman–Crippen MR) is 127 cm³/mol. The van der Waals surface area contributed by atoms with Crippen LogP contribution in [-0.4, -0.2) is 30.1 Å². The van der Waals surface area contributed by atoms with Gasteiger partial charge in [-0.05, 0) is 30.9 Å². The molecule has 0 spiro atoms. The molecule has 0 radical (unpaired) electrons. The second kappa shape index (κ2) is 11.4. The Kier molecular flexibility index (Phi) is 8.39. The molecule has 7 heteroatoms. The normalized spacial score (nSPS) is 12.6. The first kappa shape index (κ1) is 23.5. The van der Waals surface area contributed by atoms with Crippen LogP contribution in [0.5, 0.6) is 0 Å². The lowest BCUT2D eigenvalue weighted by Crippen LogP contribution is -2.49. The predicted octanol–water partition coefficient (Wildman–Crippen LogP) is 4.38. The highest BCUT2D eigenvalue weighted by atomic mass is 32.1. The molecular weight excluding hydrogens is 422 g/mol. The van der Waals surface area contributed by atoms with E-state index in [1.807, 2.05) is 42.6 Å². The third-order valence-electron chi connectivity index (χ3n) is 5.18. The fraction of sp³-hybridized carbons (Fsp3) is 0.320. The van der Waals surface area contributed by atoms with Gasteiger partial charge in [0.25, 0.3) is 0 Å². The monoisotopic (exact) mass is 451 g/mol. The summed E-state index contributed by atoms with van der Waals surface area (Å²) in [6.07, 6.45) is 1.17. The molecule has 1 aromatic heterocycles. The summed E-state index contributed by atoms with van der Waals surface area (Å²) in [6, 6.07) is 16.8. The Hall–Kier alpha value is -3.19. The second-order valence-corrected chi connectivity index (χ2v) is 8.59. The maximum absolute atomic E-state index is 13.3. The number of alkyl carbamates (subject to hydrolysis) is 1. The average Bonchev–Trinajstić information content (AvgIpc) is 3.29. The zero-order valence-electron chi connectivity index (χ0n) is 18.6. The van der Waals surface area contributed by atoms with E-state index in [1.54, 1.807) is 11.3 Å². The van der Waals surface area contributed by atoms with Crippen LogP contribution < -0.4 is 10.6 Å². The minimum absolute atomic E-state index is 0.276.